The summed E-state index contributed by atoms with van der Waals surface area (Å²) in [5, 5.41) is 7.12. The lowest BCUT2D eigenvalue weighted by Crippen LogP contribution is -2.33. The molecule has 0 atom stereocenters. The molecule has 31 heavy (non-hydrogen) atoms. The van der Waals surface area contributed by atoms with Crippen LogP contribution < -0.4 is 0 Å². The SMILES string of the molecule is O=C(O)C(F)(F)F.O=C(c1ccoc1)N1CCc2ncnc(-c3cccnc3)c2CC1. The van der Waals surface area contributed by atoms with Crippen LogP contribution in [0.4, 0.5) is 13.2 Å². The molecule has 4 rings (SSSR count). The predicted molar refractivity (Wildman–Crippen MR) is 101 cm³/mol. The number of carboxylic acids is 1. The molecule has 8 nitrogen and oxygen atoms in total. The summed E-state index contributed by atoms with van der Waals surface area (Å²) >= 11 is 0. The van der Waals surface area contributed by atoms with E-state index < -0.39 is 12.1 Å². The van der Waals surface area contributed by atoms with Gasteiger partial charge in [-0.15, -0.1) is 0 Å². The molecule has 162 valence electrons. The van der Waals surface area contributed by atoms with Gasteiger partial charge in [-0.1, -0.05) is 0 Å². The number of hydrogen-bond donors (Lipinski definition) is 1. The molecule has 1 aliphatic heterocycles. The van der Waals surface area contributed by atoms with Crippen LogP contribution in [0.1, 0.15) is 21.6 Å². The van der Waals surface area contributed by atoms with Crippen LogP contribution in [-0.2, 0) is 17.6 Å². The average molecular weight is 434 g/mol. The number of alkyl halides is 3. The summed E-state index contributed by atoms with van der Waals surface area (Å²) in [4.78, 5) is 36.3. The molecule has 0 aliphatic carbocycles. The largest absolute Gasteiger partial charge is 0.490 e. The van der Waals surface area contributed by atoms with E-state index in [1.807, 2.05) is 23.2 Å². The second-order valence-corrected chi connectivity index (χ2v) is 6.50. The van der Waals surface area contributed by atoms with E-state index in [0.717, 1.165) is 28.9 Å². The van der Waals surface area contributed by atoms with Gasteiger partial charge in [0.25, 0.3) is 5.91 Å². The number of carbonyl (C=O) groups excluding carboxylic acids is 1. The molecule has 0 fully saturated rings. The first kappa shape index (κ1) is 21.9. The highest BCUT2D eigenvalue weighted by Crippen LogP contribution is 2.25. The third kappa shape index (κ3) is 5.44. The summed E-state index contributed by atoms with van der Waals surface area (Å²) < 4.78 is 36.8. The number of carbonyl (C=O) groups is 2. The molecular formula is C20H17F3N4O4. The van der Waals surface area contributed by atoms with Crippen molar-refractivity contribution in [3.05, 3.63) is 66.3 Å². The smallest absolute Gasteiger partial charge is 0.475 e. The van der Waals surface area contributed by atoms with Gasteiger partial charge in [-0.05, 0) is 24.6 Å². The number of fused-ring (bicyclic) bond motifs is 1. The van der Waals surface area contributed by atoms with Gasteiger partial charge < -0.3 is 14.4 Å². The van der Waals surface area contributed by atoms with Crippen molar-refractivity contribution in [1.82, 2.24) is 19.9 Å². The molecule has 0 bridgehead atoms. The highest BCUT2D eigenvalue weighted by molar-refractivity contribution is 5.93. The Morgan fingerprint density at radius 1 is 1.13 bits per heavy atom. The number of furan rings is 1. The highest BCUT2D eigenvalue weighted by Gasteiger charge is 2.38. The maximum absolute atomic E-state index is 12.5. The zero-order valence-electron chi connectivity index (χ0n) is 16.0. The van der Waals surface area contributed by atoms with Gasteiger partial charge in [-0.25, -0.2) is 14.8 Å². The molecule has 0 radical (unpaired) electrons. The summed E-state index contributed by atoms with van der Waals surface area (Å²) in [5.74, 6) is -2.76. The van der Waals surface area contributed by atoms with Gasteiger partial charge >= 0.3 is 12.1 Å². The van der Waals surface area contributed by atoms with Crippen LogP contribution in [0.3, 0.4) is 0 Å². The van der Waals surface area contributed by atoms with Crippen LogP contribution in [0.2, 0.25) is 0 Å². The summed E-state index contributed by atoms with van der Waals surface area (Å²) in [6.07, 6.45) is 4.51. The Balaban J connectivity index is 0.000000339. The topological polar surface area (TPSA) is 109 Å². The summed E-state index contributed by atoms with van der Waals surface area (Å²) in [6.45, 7) is 1.28. The number of aliphatic carboxylic acids is 1. The monoisotopic (exact) mass is 434 g/mol. The van der Waals surface area contributed by atoms with E-state index in [1.54, 1.807) is 18.6 Å². The second kappa shape index (κ2) is 9.37. The average Bonchev–Trinajstić information content (AvgIpc) is 3.20. The Morgan fingerprint density at radius 2 is 1.87 bits per heavy atom. The molecule has 3 aromatic heterocycles. The van der Waals surface area contributed by atoms with Crippen molar-refractivity contribution in [3.8, 4) is 11.3 Å². The maximum atomic E-state index is 12.5. The van der Waals surface area contributed by atoms with Crippen LogP contribution in [0, 0.1) is 0 Å². The quantitative estimate of drug-likeness (QED) is 0.660. The van der Waals surface area contributed by atoms with Crippen molar-refractivity contribution in [2.75, 3.05) is 13.1 Å². The van der Waals surface area contributed by atoms with Crippen molar-refractivity contribution in [2.45, 2.75) is 19.0 Å². The zero-order chi connectivity index (χ0) is 22.4. The Bertz CT molecular complexity index is 1040. The van der Waals surface area contributed by atoms with E-state index >= 15 is 0 Å². The molecule has 0 saturated heterocycles. The second-order valence-electron chi connectivity index (χ2n) is 6.50. The molecule has 4 heterocycles. The maximum Gasteiger partial charge on any atom is 0.490 e. The summed E-state index contributed by atoms with van der Waals surface area (Å²) in [6, 6.07) is 5.59. The molecule has 1 N–H and O–H groups in total. The van der Waals surface area contributed by atoms with E-state index in [2.05, 4.69) is 15.0 Å². The minimum atomic E-state index is -5.08. The van der Waals surface area contributed by atoms with Gasteiger partial charge in [0.1, 0.15) is 12.6 Å². The van der Waals surface area contributed by atoms with E-state index in [-0.39, 0.29) is 5.91 Å². The van der Waals surface area contributed by atoms with Crippen LogP contribution in [0.25, 0.3) is 11.3 Å². The first-order valence-corrected chi connectivity index (χ1v) is 9.12. The minimum absolute atomic E-state index is 0.00700. The zero-order valence-corrected chi connectivity index (χ0v) is 16.0. The van der Waals surface area contributed by atoms with Crippen LogP contribution in [-0.4, -0.2) is 56.1 Å². The third-order valence-electron chi connectivity index (χ3n) is 4.52. The van der Waals surface area contributed by atoms with Crippen molar-refractivity contribution in [3.63, 3.8) is 0 Å². The molecule has 0 saturated carbocycles. The van der Waals surface area contributed by atoms with Crippen molar-refractivity contribution >= 4 is 11.9 Å². The highest BCUT2D eigenvalue weighted by atomic mass is 19.4. The number of carboxylic acid groups (broad SMARTS) is 1. The van der Waals surface area contributed by atoms with E-state index in [1.165, 1.54) is 12.5 Å². The molecule has 1 aliphatic rings. The number of rotatable bonds is 2. The van der Waals surface area contributed by atoms with E-state index in [4.69, 9.17) is 14.3 Å². The Morgan fingerprint density at radius 3 is 2.48 bits per heavy atom. The first-order valence-electron chi connectivity index (χ1n) is 9.12. The lowest BCUT2D eigenvalue weighted by molar-refractivity contribution is -0.192. The minimum Gasteiger partial charge on any atom is -0.475 e. The lowest BCUT2D eigenvalue weighted by atomic mass is 10.0. The van der Waals surface area contributed by atoms with E-state index in [0.29, 0.717) is 25.1 Å². The Kier molecular flexibility index (Phi) is 6.63. The van der Waals surface area contributed by atoms with Gasteiger partial charge in [0.15, 0.2) is 0 Å². The fourth-order valence-electron chi connectivity index (χ4n) is 3.05. The predicted octanol–water partition coefficient (Wildman–Crippen LogP) is 3.01. The van der Waals surface area contributed by atoms with Crippen LogP contribution in [0.15, 0.2) is 53.9 Å². The Hall–Kier alpha value is -3.76. The number of hydrogen-bond acceptors (Lipinski definition) is 6. The molecule has 1 amide bonds. The number of nitrogens with zero attached hydrogens (tertiary/aromatic N) is 4. The lowest BCUT2D eigenvalue weighted by Gasteiger charge is -2.19. The van der Waals surface area contributed by atoms with Gasteiger partial charge in [0.05, 0.1) is 17.5 Å². The molecule has 11 heteroatoms. The summed E-state index contributed by atoms with van der Waals surface area (Å²) in [7, 11) is 0. The number of halogens is 3. The normalized spacial score (nSPS) is 13.5. The van der Waals surface area contributed by atoms with Crippen LogP contribution >= 0.6 is 0 Å². The third-order valence-corrected chi connectivity index (χ3v) is 4.52. The van der Waals surface area contributed by atoms with Crippen molar-refractivity contribution in [2.24, 2.45) is 0 Å². The molecule has 0 aromatic carbocycles. The van der Waals surface area contributed by atoms with Crippen LogP contribution in [0.5, 0.6) is 0 Å². The Labute approximate surface area is 174 Å². The standard InChI is InChI=1S/C18H16N4O2.C2HF3O2/c23-18(14-5-9-24-11-14)22-7-3-15-16(4-8-22)20-12-21-17(15)13-2-1-6-19-10-13;3-2(4,5)1(6)7/h1-2,5-6,9-12H,3-4,7-8H2;(H,6,7). The van der Waals surface area contributed by atoms with Gasteiger partial charge in [0, 0.05) is 48.7 Å². The van der Waals surface area contributed by atoms with E-state index in [9.17, 15) is 18.0 Å². The van der Waals surface area contributed by atoms with Crippen molar-refractivity contribution in [1.29, 1.82) is 0 Å². The van der Waals surface area contributed by atoms with Gasteiger partial charge in [-0.2, -0.15) is 13.2 Å². The van der Waals surface area contributed by atoms with Gasteiger partial charge in [-0.3, -0.25) is 9.78 Å². The molecule has 0 spiro atoms. The summed E-state index contributed by atoms with van der Waals surface area (Å²) in [5.41, 5.74) is 4.58. The fourth-order valence-corrected chi connectivity index (χ4v) is 3.05. The first-order chi connectivity index (χ1) is 14.8. The fraction of sp³-hybridized carbons (Fsp3) is 0.250. The number of aromatic nitrogens is 3. The number of amides is 1. The molecule has 3 aromatic rings. The van der Waals surface area contributed by atoms with Crippen molar-refractivity contribution < 1.29 is 32.3 Å². The number of pyridine rings is 1. The molecule has 0 unspecified atom stereocenters. The van der Waals surface area contributed by atoms with Gasteiger partial charge in [0.2, 0.25) is 0 Å². The molecular weight excluding hydrogens is 417 g/mol.